The van der Waals surface area contributed by atoms with Gasteiger partial charge in [-0.25, -0.2) is 15.0 Å². The normalized spacial score (nSPS) is 13.1. The highest BCUT2D eigenvalue weighted by Gasteiger charge is 2.45. The van der Waals surface area contributed by atoms with Crippen LogP contribution >= 0.6 is 68.0 Å². The lowest BCUT2D eigenvalue weighted by atomic mass is 9.70. The molecular formula is C98H83N5S6. The number of fused-ring (bicyclic) bond motifs is 6. The van der Waals surface area contributed by atoms with Crippen LogP contribution in [0.25, 0.3) is 115 Å². The minimum atomic E-state index is -0.243. The smallest absolute Gasteiger partial charge is 0.263 e. The highest BCUT2D eigenvalue weighted by Crippen LogP contribution is 2.61. The van der Waals surface area contributed by atoms with E-state index in [0.717, 1.165) is 125 Å². The molecule has 6 aromatic heterocycles. The molecule has 6 heterocycles. The Morgan fingerprint density at radius 3 is 1.04 bits per heavy atom. The van der Waals surface area contributed by atoms with Crippen molar-refractivity contribution in [3.8, 4) is 99.3 Å². The lowest BCUT2D eigenvalue weighted by Crippen LogP contribution is -2.26. The molecule has 0 bridgehead atoms. The first-order valence-electron chi connectivity index (χ1n) is 38.2. The third-order valence-corrected chi connectivity index (χ3v) is 29.3. The van der Waals surface area contributed by atoms with Crippen LogP contribution in [0.15, 0.2) is 266 Å². The maximum atomic E-state index is 10.0. The average Bonchev–Trinajstić information content (AvgIpc) is 1.56. The molecule has 14 aromatic rings. The number of hydrogen-bond donors (Lipinski definition) is 0. The van der Waals surface area contributed by atoms with E-state index in [9.17, 15) is 5.26 Å². The maximum absolute atomic E-state index is 10.0. The van der Waals surface area contributed by atoms with Gasteiger partial charge in [-0.05, 0) is 246 Å². The molecule has 0 N–H and O–H groups in total. The quantitative estimate of drug-likeness (QED) is 0.0380. The van der Waals surface area contributed by atoms with E-state index in [2.05, 4.69) is 308 Å². The number of benzene rings is 8. The van der Waals surface area contributed by atoms with E-state index in [1.807, 2.05) is 58.3 Å². The number of rotatable bonds is 27. The fourth-order valence-electron chi connectivity index (χ4n) is 16.6. The summed E-state index contributed by atoms with van der Waals surface area (Å²) in [5, 5.41) is 10.0. The first-order chi connectivity index (χ1) is 53.5. The van der Waals surface area contributed by atoms with Crippen LogP contribution in [0.2, 0.25) is 0 Å². The second-order valence-electron chi connectivity index (χ2n) is 28.7. The number of unbranched alkanes of at least 4 members (excludes halogenated alkanes) is 4. The van der Waals surface area contributed by atoms with E-state index in [4.69, 9.17) is 13.1 Å². The van der Waals surface area contributed by atoms with Crippen LogP contribution < -0.4 is 9.80 Å². The van der Waals surface area contributed by atoms with Crippen molar-refractivity contribution in [1.82, 2.24) is 0 Å². The predicted molar refractivity (Wildman–Crippen MR) is 472 cm³/mol. The van der Waals surface area contributed by atoms with Gasteiger partial charge in [0.25, 0.3) is 5.70 Å². The summed E-state index contributed by atoms with van der Waals surface area (Å²) in [5.74, 6) is 0. The summed E-state index contributed by atoms with van der Waals surface area (Å²) >= 11 is 10.9. The molecule has 0 atom stereocenters. The van der Waals surface area contributed by atoms with Gasteiger partial charge < -0.3 is 9.80 Å². The number of hydrogen-bond acceptors (Lipinski definition) is 9. The summed E-state index contributed by atoms with van der Waals surface area (Å²) in [4.78, 5) is 26.1. The molecule has 0 spiro atoms. The molecule has 8 aromatic carbocycles. The molecule has 2 aliphatic carbocycles. The van der Waals surface area contributed by atoms with Crippen molar-refractivity contribution >= 4 is 114 Å². The van der Waals surface area contributed by atoms with E-state index in [0.29, 0.717) is 5.70 Å². The molecule has 11 heteroatoms. The molecule has 0 amide bonds. The van der Waals surface area contributed by atoms with Crippen molar-refractivity contribution in [2.24, 2.45) is 0 Å². The Labute approximate surface area is 666 Å². The van der Waals surface area contributed by atoms with Crippen LogP contribution in [0.1, 0.15) is 144 Å². The Kier molecular flexibility index (Phi) is 21.3. The fourth-order valence-corrected chi connectivity index (χ4v) is 23.4. The molecule has 16 rings (SSSR count). The van der Waals surface area contributed by atoms with Gasteiger partial charge in [-0.15, -0.1) is 68.0 Å². The molecule has 109 heavy (non-hydrogen) atoms. The first kappa shape index (κ1) is 72.7. The van der Waals surface area contributed by atoms with E-state index in [-0.39, 0.29) is 16.5 Å². The topological polar surface area (TPSA) is 39.0 Å². The second-order valence-corrected chi connectivity index (χ2v) is 35.2. The Morgan fingerprint density at radius 2 is 0.679 bits per heavy atom. The number of allylic oxidation sites excluding steroid dienone is 2. The highest BCUT2D eigenvalue weighted by molar-refractivity contribution is 7.31. The molecule has 0 saturated heterocycles. The van der Waals surface area contributed by atoms with E-state index >= 15 is 0 Å². The third-order valence-electron chi connectivity index (χ3n) is 21.9. The zero-order chi connectivity index (χ0) is 74.6. The molecular weight excluding hydrogens is 1440 g/mol. The molecule has 0 aliphatic heterocycles. The third kappa shape index (κ3) is 14.1. The van der Waals surface area contributed by atoms with Gasteiger partial charge in [-0.2, -0.15) is 0 Å². The highest BCUT2D eigenvalue weighted by atomic mass is 32.1. The van der Waals surface area contributed by atoms with Gasteiger partial charge in [-0.1, -0.05) is 188 Å². The van der Waals surface area contributed by atoms with Crippen LogP contribution in [0.4, 0.5) is 34.1 Å². The van der Waals surface area contributed by atoms with E-state index < -0.39 is 0 Å². The Bertz CT molecular complexity index is 5720. The number of para-hydroxylation sites is 4. The van der Waals surface area contributed by atoms with Gasteiger partial charge in [0.05, 0.1) is 29.0 Å². The zero-order valence-electron chi connectivity index (χ0n) is 62.1. The van der Waals surface area contributed by atoms with Crippen LogP contribution in [-0.4, -0.2) is 0 Å². The number of anilines is 6. The Morgan fingerprint density at radius 1 is 0.349 bits per heavy atom. The van der Waals surface area contributed by atoms with Crippen molar-refractivity contribution in [3.05, 3.63) is 321 Å². The lowest BCUT2D eigenvalue weighted by Gasteiger charge is -2.34. The fraction of sp³-hybridized carbons (Fsp3) is 0.194. The van der Waals surface area contributed by atoms with Crippen LogP contribution in [0.5, 0.6) is 0 Å². The molecule has 536 valence electrons. The lowest BCUT2D eigenvalue weighted by molar-refractivity contribution is 0.414. The van der Waals surface area contributed by atoms with Crippen molar-refractivity contribution < 1.29 is 0 Å². The molecule has 2 aliphatic rings. The number of nitrogens with zero attached hydrogens (tertiary/aromatic N) is 5. The van der Waals surface area contributed by atoms with Gasteiger partial charge in [0.15, 0.2) is 5.70 Å². The van der Waals surface area contributed by atoms with Crippen molar-refractivity contribution in [1.29, 1.82) is 5.26 Å². The molecule has 0 saturated carbocycles. The van der Waals surface area contributed by atoms with Crippen molar-refractivity contribution in [2.75, 3.05) is 9.80 Å². The largest absolute Gasteiger partial charge is 0.310 e. The molecule has 0 radical (unpaired) electrons. The summed E-state index contributed by atoms with van der Waals surface area (Å²) in [6.45, 7) is 26.6. The Hall–Kier alpha value is -10.5. The van der Waals surface area contributed by atoms with Crippen LogP contribution in [0, 0.1) is 24.5 Å². The minimum absolute atomic E-state index is 0.0762. The van der Waals surface area contributed by atoms with Gasteiger partial charge >= 0.3 is 0 Å². The van der Waals surface area contributed by atoms with Crippen molar-refractivity contribution in [2.45, 2.75) is 122 Å². The van der Waals surface area contributed by atoms with E-state index in [1.165, 1.54) is 111 Å². The molecule has 0 unspecified atom stereocenters. The van der Waals surface area contributed by atoms with Gasteiger partial charge in [-0.3, -0.25) is 0 Å². The summed E-state index contributed by atoms with van der Waals surface area (Å²) in [5.41, 5.74) is 23.0. The monoisotopic (exact) mass is 1520 g/mol. The maximum Gasteiger partial charge on any atom is 0.263 e. The minimum Gasteiger partial charge on any atom is -0.310 e. The standard InChI is InChI=1S/C98H83N5S6/c1-8-12-52-97(53-13-9-2)83-57-66(36-42-77(83)79-44-38-73(60-85(79)97)102(69-28-20-16-21-29-69)70-30-22-17-23-31-70)81-62-93(91-47-41-76(105-91)59-68(64-99)101-7)108-95(81)96-82(63-94(109-96)92-51-50-90(107-92)89-49-48-88(106-89)87-46-40-75(104-87)56-65(5)100-6)67-37-43-78-80-45-39-74(103(71-32-24-18-25-33-71)72-34-26-19-27-35-72)61-86(80)98(54-14-10-3,55-15-11-4)84(78)58-67/h16-51,56-63H,8-15,52-55H2,1-5H3/b65-56-,68-59+. The summed E-state index contributed by atoms with van der Waals surface area (Å²) < 4.78 is 0. The number of nitriles is 1. The SMILES string of the molecule is [C-]#[N+]/C(C)=C\c1ccc(-c2ccc(-c3ccc(-c4cc(-c5ccc6c(c5)C(CCCC)(CCCC)c5cc(N(c7ccccc7)c7ccccc7)ccc5-6)c(-c5sc(-c6ccc(/C=C(\C#N)[N+]#[C-])s6)cc5-c5ccc6c(c5)C(CCCC)(CCCC)c5cc(N(c7ccccc7)c7ccccc7)ccc5-6)s4)s3)s2)s1. The molecule has 5 nitrogen and oxygen atoms in total. The summed E-state index contributed by atoms with van der Waals surface area (Å²) in [6, 6.07) is 98.0. The van der Waals surface area contributed by atoms with Crippen molar-refractivity contribution in [3.63, 3.8) is 0 Å². The predicted octanol–water partition coefficient (Wildman–Crippen LogP) is 32.0. The van der Waals surface area contributed by atoms with E-state index in [1.54, 1.807) is 28.7 Å². The summed E-state index contributed by atoms with van der Waals surface area (Å²) in [7, 11) is 0. The van der Waals surface area contributed by atoms with Gasteiger partial charge in [0, 0.05) is 105 Å². The zero-order valence-corrected chi connectivity index (χ0v) is 67.0. The van der Waals surface area contributed by atoms with Gasteiger partial charge in [0.1, 0.15) is 0 Å². The number of thiophene rings is 6. The average molecular weight is 1520 g/mol. The first-order valence-corrected chi connectivity index (χ1v) is 43.1. The Balaban J connectivity index is 0.895. The summed E-state index contributed by atoms with van der Waals surface area (Å²) in [6.07, 6.45) is 16.7. The van der Waals surface area contributed by atoms with Crippen LogP contribution in [0.3, 0.4) is 0 Å². The molecule has 0 fully saturated rings. The van der Waals surface area contributed by atoms with Gasteiger partial charge in [0.2, 0.25) is 0 Å². The second kappa shape index (κ2) is 32.0. The van der Waals surface area contributed by atoms with Crippen LogP contribution in [-0.2, 0) is 10.8 Å².